The molecule has 0 saturated heterocycles. The predicted octanol–water partition coefficient (Wildman–Crippen LogP) is 2.74. The lowest BCUT2D eigenvalue weighted by molar-refractivity contribution is -0.383. The number of non-ortho nitro benzene ring substituents is 1. The molecule has 1 heterocycles. The van der Waals surface area contributed by atoms with Crippen LogP contribution in [0.2, 0.25) is 0 Å². The molecule has 1 aromatic heterocycles. The van der Waals surface area contributed by atoms with Gasteiger partial charge in [-0.2, -0.15) is 0 Å². The minimum atomic E-state index is -0.359. The summed E-state index contributed by atoms with van der Waals surface area (Å²) in [4.78, 5) is 10.5. The third-order valence-electron chi connectivity index (χ3n) is 2.29. The van der Waals surface area contributed by atoms with Crippen molar-refractivity contribution >= 4 is 16.6 Å². The van der Waals surface area contributed by atoms with Gasteiger partial charge < -0.3 is 4.57 Å². The molecule has 2 aromatic rings. The van der Waals surface area contributed by atoms with E-state index in [1.807, 2.05) is 22.9 Å². The van der Waals surface area contributed by atoms with Gasteiger partial charge in [0.1, 0.15) is 5.52 Å². The maximum Gasteiger partial charge on any atom is 0.293 e. The van der Waals surface area contributed by atoms with Crippen LogP contribution < -0.4 is 0 Å². The predicted molar refractivity (Wildman–Crippen MR) is 58.8 cm³/mol. The molecule has 0 aliphatic carbocycles. The molecule has 0 N–H and O–H groups in total. The van der Waals surface area contributed by atoms with Crippen molar-refractivity contribution in [3.8, 4) is 0 Å². The van der Waals surface area contributed by atoms with E-state index in [1.54, 1.807) is 12.1 Å². The fraction of sp³-hybridized carbons (Fsp3) is 0.0909. The number of rotatable bonds is 3. The van der Waals surface area contributed by atoms with Gasteiger partial charge in [0.05, 0.1) is 4.92 Å². The Morgan fingerprint density at radius 3 is 2.93 bits per heavy atom. The van der Waals surface area contributed by atoms with Crippen molar-refractivity contribution in [3.05, 3.63) is 53.2 Å². The molecule has 0 radical (unpaired) electrons. The van der Waals surface area contributed by atoms with E-state index in [1.165, 1.54) is 6.07 Å². The molecular weight excluding hydrogens is 192 g/mol. The number of fused-ring (bicyclic) bond motifs is 1. The molecule has 76 valence electrons. The summed E-state index contributed by atoms with van der Waals surface area (Å²) in [6.07, 6.45) is 3.55. The Balaban J connectivity index is 2.74. The summed E-state index contributed by atoms with van der Waals surface area (Å²) in [6, 6.07) is 6.94. The van der Waals surface area contributed by atoms with Crippen molar-refractivity contribution in [1.29, 1.82) is 0 Å². The van der Waals surface area contributed by atoms with Gasteiger partial charge in [0.15, 0.2) is 0 Å². The average Bonchev–Trinajstić information content (AvgIpc) is 2.62. The number of nitro groups is 1. The molecule has 0 unspecified atom stereocenters. The third-order valence-corrected chi connectivity index (χ3v) is 2.29. The highest BCUT2D eigenvalue weighted by atomic mass is 16.6. The zero-order valence-electron chi connectivity index (χ0n) is 8.09. The monoisotopic (exact) mass is 202 g/mol. The van der Waals surface area contributed by atoms with E-state index in [0.717, 1.165) is 5.39 Å². The molecule has 0 fully saturated rings. The summed E-state index contributed by atoms with van der Waals surface area (Å²) in [5.41, 5.74) is 0.793. The number of para-hydroxylation sites is 1. The first-order valence-corrected chi connectivity index (χ1v) is 4.57. The van der Waals surface area contributed by atoms with Crippen LogP contribution in [0.3, 0.4) is 0 Å². The highest BCUT2D eigenvalue weighted by Gasteiger charge is 2.14. The first kappa shape index (κ1) is 9.45. The minimum absolute atomic E-state index is 0.138. The molecule has 0 atom stereocenters. The highest BCUT2D eigenvalue weighted by molar-refractivity contribution is 5.88. The van der Waals surface area contributed by atoms with E-state index >= 15 is 0 Å². The van der Waals surface area contributed by atoms with E-state index in [2.05, 4.69) is 6.58 Å². The topological polar surface area (TPSA) is 48.1 Å². The Kier molecular flexibility index (Phi) is 2.25. The van der Waals surface area contributed by atoms with Crippen molar-refractivity contribution in [3.63, 3.8) is 0 Å². The van der Waals surface area contributed by atoms with E-state index in [0.29, 0.717) is 12.1 Å². The smallest absolute Gasteiger partial charge is 0.293 e. The number of nitrogens with zero attached hydrogens (tertiary/aromatic N) is 2. The number of allylic oxidation sites excluding steroid dienone is 1. The van der Waals surface area contributed by atoms with E-state index in [9.17, 15) is 10.1 Å². The second-order valence-electron chi connectivity index (χ2n) is 3.23. The number of nitro benzene ring substituents is 1. The van der Waals surface area contributed by atoms with Gasteiger partial charge in [-0.1, -0.05) is 18.2 Å². The van der Waals surface area contributed by atoms with Crippen molar-refractivity contribution in [2.45, 2.75) is 6.54 Å². The van der Waals surface area contributed by atoms with Gasteiger partial charge in [-0.05, 0) is 6.07 Å². The van der Waals surface area contributed by atoms with Crippen LogP contribution in [0.5, 0.6) is 0 Å². The molecule has 2 rings (SSSR count). The van der Waals surface area contributed by atoms with Gasteiger partial charge in [0.2, 0.25) is 0 Å². The molecule has 0 spiro atoms. The van der Waals surface area contributed by atoms with Crippen LogP contribution in [0.1, 0.15) is 0 Å². The molecule has 15 heavy (non-hydrogen) atoms. The van der Waals surface area contributed by atoms with Gasteiger partial charge in [-0.3, -0.25) is 10.1 Å². The SMILES string of the molecule is C=CCn1ccc2cccc([N+](=O)[O-])c21. The Bertz CT molecular complexity index is 528. The summed E-state index contributed by atoms with van der Waals surface area (Å²) in [5.74, 6) is 0. The Labute approximate surface area is 86.6 Å². The number of aromatic nitrogens is 1. The molecular formula is C11H10N2O2. The molecule has 1 aromatic carbocycles. The Morgan fingerprint density at radius 2 is 2.27 bits per heavy atom. The first-order chi connectivity index (χ1) is 7.24. The zero-order chi connectivity index (χ0) is 10.8. The maximum absolute atomic E-state index is 10.8. The van der Waals surface area contributed by atoms with Crippen molar-refractivity contribution in [1.82, 2.24) is 4.57 Å². The molecule has 0 saturated carbocycles. The lowest BCUT2D eigenvalue weighted by Gasteiger charge is -2.01. The molecule has 0 amide bonds. The van der Waals surface area contributed by atoms with Crippen LogP contribution >= 0.6 is 0 Å². The van der Waals surface area contributed by atoms with E-state index < -0.39 is 0 Å². The fourth-order valence-corrected chi connectivity index (χ4v) is 1.68. The molecule has 4 heteroatoms. The second kappa shape index (κ2) is 3.57. The fourth-order valence-electron chi connectivity index (χ4n) is 1.68. The van der Waals surface area contributed by atoms with Crippen LogP contribution in [0, 0.1) is 10.1 Å². The van der Waals surface area contributed by atoms with Crippen molar-refractivity contribution in [2.75, 3.05) is 0 Å². The Morgan fingerprint density at radius 1 is 1.47 bits per heavy atom. The van der Waals surface area contributed by atoms with Gasteiger partial charge in [-0.15, -0.1) is 6.58 Å². The van der Waals surface area contributed by atoms with Crippen molar-refractivity contribution < 1.29 is 4.92 Å². The highest BCUT2D eigenvalue weighted by Crippen LogP contribution is 2.26. The standard InChI is InChI=1S/C11H10N2O2/c1-2-7-12-8-6-9-4-3-5-10(11(9)12)13(14)15/h2-6,8H,1,7H2. The van der Waals surface area contributed by atoms with Crippen LogP contribution in [-0.4, -0.2) is 9.49 Å². The van der Waals surface area contributed by atoms with Gasteiger partial charge >= 0.3 is 0 Å². The quantitative estimate of drug-likeness (QED) is 0.436. The second-order valence-corrected chi connectivity index (χ2v) is 3.23. The molecule has 4 nitrogen and oxygen atoms in total. The summed E-state index contributed by atoms with van der Waals surface area (Å²) in [5, 5.41) is 11.7. The largest absolute Gasteiger partial charge is 0.338 e. The van der Waals surface area contributed by atoms with Crippen LogP contribution in [0.25, 0.3) is 10.9 Å². The average molecular weight is 202 g/mol. The normalized spacial score (nSPS) is 10.4. The number of benzene rings is 1. The summed E-state index contributed by atoms with van der Waals surface area (Å²) in [6.45, 7) is 4.20. The van der Waals surface area contributed by atoms with Gasteiger partial charge in [0, 0.05) is 24.2 Å². The molecule has 0 bridgehead atoms. The Hall–Kier alpha value is -2.10. The van der Waals surface area contributed by atoms with Gasteiger partial charge in [-0.25, -0.2) is 0 Å². The summed E-state index contributed by atoms with van der Waals surface area (Å²) >= 11 is 0. The van der Waals surface area contributed by atoms with Crippen molar-refractivity contribution in [2.24, 2.45) is 0 Å². The maximum atomic E-state index is 10.8. The third kappa shape index (κ3) is 1.50. The van der Waals surface area contributed by atoms with Crippen LogP contribution in [0.15, 0.2) is 43.1 Å². The van der Waals surface area contributed by atoms with Crippen LogP contribution in [0.4, 0.5) is 5.69 Å². The first-order valence-electron chi connectivity index (χ1n) is 4.57. The lowest BCUT2D eigenvalue weighted by atomic mass is 10.2. The van der Waals surface area contributed by atoms with E-state index in [-0.39, 0.29) is 10.6 Å². The van der Waals surface area contributed by atoms with Crippen LogP contribution in [-0.2, 0) is 6.54 Å². The molecule has 0 aliphatic heterocycles. The molecule has 0 aliphatic rings. The van der Waals surface area contributed by atoms with E-state index in [4.69, 9.17) is 0 Å². The number of hydrogen-bond acceptors (Lipinski definition) is 2. The summed E-state index contributed by atoms with van der Waals surface area (Å²) < 4.78 is 1.82. The number of hydrogen-bond donors (Lipinski definition) is 0. The zero-order valence-corrected chi connectivity index (χ0v) is 8.09. The van der Waals surface area contributed by atoms with Gasteiger partial charge in [0.25, 0.3) is 5.69 Å². The lowest BCUT2D eigenvalue weighted by Crippen LogP contribution is -1.96. The summed E-state index contributed by atoms with van der Waals surface area (Å²) in [7, 11) is 0. The minimum Gasteiger partial charge on any atom is -0.338 e.